The van der Waals surface area contributed by atoms with Gasteiger partial charge in [-0.15, -0.1) is 30.6 Å². The molecule has 2 N–H and O–H groups in total. The van der Waals surface area contributed by atoms with Gasteiger partial charge in [0.2, 0.25) is 0 Å². The second kappa shape index (κ2) is 11.5. The van der Waals surface area contributed by atoms with Crippen molar-refractivity contribution in [1.29, 1.82) is 0 Å². The standard InChI is InChI=1S/C15H23N3O2S.HI/c1-3-10-17-15(16-2)18-11-7-12-21(19,20)13-14-8-5-4-6-9-14;/h3-6,8-9H,1,7,10-13H2,2H3,(H2,16,17,18);1H. The van der Waals surface area contributed by atoms with Crippen LogP contribution in [-0.2, 0) is 15.6 Å². The fourth-order valence-corrected chi connectivity index (χ4v) is 3.22. The Morgan fingerprint density at radius 1 is 1.27 bits per heavy atom. The molecule has 0 spiro atoms. The maximum Gasteiger partial charge on any atom is 0.191 e. The van der Waals surface area contributed by atoms with Gasteiger partial charge < -0.3 is 10.6 Å². The van der Waals surface area contributed by atoms with Crippen molar-refractivity contribution in [2.45, 2.75) is 12.2 Å². The lowest BCUT2D eigenvalue weighted by atomic mass is 10.2. The van der Waals surface area contributed by atoms with E-state index < -0.39 is 9.84 Å². The number of sulfone groups is 1. The van der Waals surface area contributed by atoms with Crippen molar-refractivity contribution in [2.24, 2.45) is 4.99 Å². The predicted molar refractivity (Wildman–Crippen MR) is 104 cm³/mol. The van der Waals surface area contributed by atoms with Gasteiger partial charge in [-0.3, -0.25) is 4.99 Å². The Balaban J connectivity index is 0.00000441. The summed E-state index contributed by atoms with van der Waals surface area (Å²) in [6.45, 7) is 4.79. The van der Waals surface area contributed by atoms with Gasteiger partial charge in [-0.05, 0) is 12.0 Å². The highest BCUT2D eigenvalue weighted by Crippen LogP contribution is 2.06. The van der Waals surface area contributed by atoms with E-state index in [4.69, 9.17) is 0 Å². The maximum absolute atomic E-state index is 12.0. The van der Waals surface area contributed by atoms with Crippen molar-refractivity contribution < 1.29 is 8.42 Å². The van der Waals surface area contributed by atoms with Gasteiger partial charge in [-0.25, -0.2) is 8.42 Å². The fraction of sp³-hybridized carbons (Fsp3) is 0.400. The lowest BCUT2D eigenvalue weighted by molar-refractivity contribution is 0.591. The molecule has 0 unspecified atom stereocenters. The number of hydrogen-bond acceptors (Lipinski definition) is 3. The SMILES string of the molecule is C=CCNC(=NC)NCCCS(=O)(=O)Cc1ccccc1.I. The molecule has 5 nitrogen and oxygen atoms in total. The van der Waals surface area contributed by atoms with Crippen molar-refractivity contribution in [2.75, 3.05) is 25.9 Å². The molecule has 7 heteroatoms. The van der Waals surface area contributed by atoms with Gasteiger partial charge in [0.05, 0.1) is 11.5 Å². The summed E-state index contributed by atoms with van der Waals surface area (Å²) in [7, 11) is -1.40. The van der Waals surface area contributed by atoms with Gasteiger partial charge in [0.15, 0.2) is 15.8 Å². The molecule has 0 saturated carbocycles. The smallest absolute Gasteiger partial charge is 0.191 e. The Bertz CT molecular complexity index is 559. The Hall–Kier alpha value is -1.09. The van der Waals surface area contributed by atoms with Crippen LogP contribution in [0.5, 0.6) is 0 Å². The highest BCUT2D eigenvalue weighted by Gasteiger charge is 2.11. The molecule has 0 aliphatic rings. The van der Waals surface area contributed by atoms with Crippen molar-refractivity contribution in [1.82, 2.24) is 10.6 Å². The fourth-order valence-electron chi connectivity index (χ4n) is 1.79. The minimum absolute atomic E-state index is 0. The largest absolute Gasteiger partial charge is 0.356 e. The van der Waals surface area contributed by atoms with Crippen LogP contribution >= 0.6 is 24.0 Å². The molecule has 0 bridgehead atoms. The summed E-state index contributed by atoms with van der Waals surface area (Å²) in [6, 6.07) is 9.24. The van der Waals surface area contributed by atoms with Crippen LogP contribution in [0.25, 0.3) is 0 Å². The molecule has 0 fully saturated rings. The third-order valence-corrected chi connectivity index (χ3v) is 4.48. The quantitative estimate of drug-likeness (QED) is 0.215. The van der Waals surface area contributed by atoms with Gasteiger partial charge in [0, 0.05) is 20.1 Å². The molecule has 0 aliphatic heterocycles. The molecule has 0 aromatic heterocycles. The van der Waals surface area contributed by atoms with Crippen molar-refractivity contribution >= 4 is 39.8 Å². The van der Waals surface area contributed by atoms with Crippen LogP contribution in [0, 0.1) is 0 Å². The molecule has 124 valence electrons. The van der Waals surface area contributed by atoms with E-state index in [1.54, 1.807) is 13.1 Å². The van der Waals surface area contributed by atoms with Crippen LogP contribution in [0.3, 0.4) is 0 Å². The molecule has 0 atom stereocenters. The van der Waals surface area contributed by atoms with Gasteiger partial charge in [0.1, 0.15) is 0 Å². The summed E-state index contributed by atoms with van der Waals surface area (Å²) in [5.74, 6) is 0.903. The van der Waals surface area contributed by atoms with Gasteiger partial charge in [-0.1, -0.05) is 36.4 Å². The summed E-state index contributed by atoms with van der Waals surface area (Å²) in [6.07, 6.45) is 2.28. The predicted octanol–water partition coefficient (Wildman–Crippen LogP) is 1.96. The molecule has 0 aliphatic carbocycles. The first-order valence-corrected chi connectivity index (χ1v) is 8.69. The highest BCUT2D eigenvalue weighted by molar-refractivity contribution is 14.0. The monoisotopic (exact) mass is 437 g/mol. The molecule has 22 heavy (non-hydrogen) atoms. The molecule has 0 radical (unpaired) electrons. The number of rotatable bonds is 8. The summed E-state index contributed by atoms with van der Waals surface area (Å²) in [4.78, 5) is 4.02. The summed E-state index contributed by atoms with van der Waals surface area (Å²) >= 11 is 0. The number of halogens is 1. The van der Waals surface area contributed by atoms with Crippen molar-refractivity contribution in [3.63, 3.8) is 0 Å². The van der Waals surface area contributed by atoms with E-state index in [1.165, 1.54) is 0 Å². The molecular formula is C15H24IN3O2S. The van der Waals surface area contributed by atoms with Crippen LogP contribution < -0.4 is 10.6 Å². The van der Waals surface area contributed by atoms with Gasteiger partial charge in [0.25, 0.3) is 0 Å². The van der Waals surface area contributed by atoms with Crippen molar-refractivity contribution in [3.8, 4) is 0 Å². The average molecular weight is 437 g/mol. The van der Waals surface area contributed by atoms with E-state index in [0.29, 0.717) is 25.5 Å². The second-order valence-electron chi connectivity index (χ2n) is 4.60. The Morgan fingerprint density at radius 2 is 1.95 bits per heavy atom. The third-order valence-electron chi connectivity index (χ3n) is 2.79. The van der Waals surface area contributed by atoms with E-state index in [0.717, 1.165) is 5.56 Å². The molecule has 0 heterocycles. The Labute approximate surface area is 150 Å². The second-order valence-corrected chi connectivity index (χ2v) is 6.78. The highest BCUT2D eigenvalue weighted by atomic mass is 127. The van der Waals surface area contributed by atoms with Crippen LogP contribution in [-0.4, -0.2) is 40.3 Å². The lowest BCUT2D eigenvalue weighted by Gasteiger charge is -2.10. The van der Waals surface area contributed by atoms with Crippen LogP contribution in [0.2, 0.25) is 0 Å². The lowest BCUT2D eigenvalue weighted by Crippen LogP contribution is -2.38. The Kier molecular flexibility index (Phi) is 10.9. The number of hydrogen-bond donors (Lipinski definition) is 2. The van der Waals surface area contributed by atoms with Crippen LogP contribution in [0.15, 0.2) is 48.0 Å². The van der Waals surface area contributed by atoms with Gasteiger partial charge in [-0.2, -0.15) is 0 Å². The third kappa shape index (κ3) is 9.04. The van der Waals surface area contributed by atoms with E-state index in [2.05, 4.69) is 22.2 Å². The van der Waals surface area contributed by atoms with Crippen LogP contribution in [0.1, 0.15) is 12.0 Å². The zero-order chi connectivity index (χ0) is 15.6. The van der Waals surface area contributed by atoms with E-state index in [-0.39, 0.29) is 35.5 Å². The zero-order valence-corrected chi connectivity index (χ0v) is 15.9. The normalized spacial score (nSPS) is 11.4. The first kappa shape index (κ1) is 20.9. The van der Waals surface area contributed by atoms with E-state index in [9.17, 15) is 8.42 Å². The van der Waals surface area contributed by atoms with E-state index >= 15 is 0 Å². The molecule has 0 saturated heterocycles. The first-order chi connectivity index (χ1) is 10.1. The van der Waals surface area contributed by atoms with E-state index in [1.807, 2.05) is 30.3 Å². The number of guanidine groups is 1. The Morgan fingerprint density at radius 3 is 2.55 bits per heavy atom. The minimum atomic E-state index is -3.07. The maximum atomic E-state index is 12.0. The summed E-state index contributed by atoms with van der Waals surface area (Å²) in [5.41, 5.74) is 0.828. The zero-order valence-electron chi connectivity index (χ0n) is 12.8. The topological polar surface area (TPSA) is 70.6 Å². The number of benzene rings is 1. The molecule has 1 aromatic rings. The molecule has 1 rings (SSSR count). The summed E-state index contributed by atoms with van der Waals surface area (Å²) in [5, 5.41) is 6.10. The molecule has 0 amide bonds. The average Bonchev–Trinajstić information content (AvgIpc) is 2.47. The number of nitrogens with one attached hydrogen (secondary N) is 2. The number of nitrogens with zero attached hydrogens (tertiary/aromatic N) is 1. The van der Waals surface area contributed by atoms with Crippen molar-refractivity contribution in [3.05, 3.63) is 48.6 Å². The molecule has 1 aromatic carbocycles. The minimum Gasteiger partial charge on any atom is -0.356 e. The summed E-state index contributed by atoms with van der Waals surface area (Å²) < 4.78 is 24.0. The molecular weight excluding hydrogens is 413 g/mol. The first-order valence-electron chi connectivity index (χ1n) is 6.87. The number of aliphatic imine (C=N–C) groups is 1. The van der Waals surface area contributed by atoms with Crippen LogP contribution in [0.4, 0.5) is 0 Å². The van der Waals surface area contributed by atoms with Gasteiger partial charge >= 0.3 is 0 Å².